The molecule has 3 N–H and O–H groups in total. The van der Waals surface area contributed by atoms with Gasteiger partial charge in [0.15, 0.2) is 0 Å². The maximum Gasteiger partial charge on any atom is 0.269 e. The third kappa shape index (κ3) is 4.20. The molecule has 17 heavy (non-hydrogen) atoms. The molecule has 1 amide bonds. The number of nitrogens with zero attached hydrogens (tertiary/aromatic N) is 1. The zero-order valence-electron chi connectivity index (χ0n) is 9.55. The average Bonchev–Trinajstić information content (AvgIpc) is 2.28. The molecule has 1 unspecified atom stereocenters. The molecule has 0 bridgehead atoms. The number of nitrogens with one attached hydrogen (secondary N) is 1. The summed E-state index contributed by atoms with van der Waals surface area (Å²) in [5.74, 6) is -0.353. The molecule has 0 aliphatic rings. The highest BCUT2D eigenvalue weighted by Gasteiger charge is 2.08. The van der Waals surface area contributed by atoms with Gasteiger partial charge in [-0.3, -0.25) is 14.9 Å². The number of nitro benzene ring substituents is 1. The minimum absolute atomic E-state index is 0.0233. The van der Waals surface area contributed by atoms with Gasteiger partial charge in [-0.15, -0.1) is 0 Å². The van der Waals surface area contributed by atoms with Gasteiger partial charge in [0.2, 0.25) is 5.91 Å². The number of non-ortho nitro benzene ring substituents is 1. The van der Waals surface area contributed by atoms with Crippen LogP contribution in [-0.4, -0.2) is 17.4 Å². The highest BCUT2D eigenvalue weighted by atomic mass is 16.6. The molecule has 0 aromatic heterocycles. The second-order valence-corrected chi connectivity index (χ2v) is 3.74. The van der Waals surface area contributed by atoms with E-state index in [0.29, 0.717) is 6.54 Å². The van der Waals surface area contributed by atoms with E-state index in [0.717, 1.165) is 5.56 Å². The van der Waals surface area contributed by atoms with E-state index in [9.17, 15) is 14.9 Å². The number of amides is 1. The van der Waals surface area contributed by atoms with Crippen LogP contribution in [0.2, 0.25) is 0 Å². The summed E-state index contributed by atoms with van der Waals surface area (Å²) in [6.45, 7) is 2.41. The first-order valence-electron chi connectivity index (χ1n) is 5.26. The summed E-state index contributed by atoms with van der Waals surface area (Å²) in [6, 6.07) is 6.33. The largest absolute Gasteiger partial charge is 0.370 e. The van der Waals surface area contributed by atoms with Crippen molar-refractivity contribution in [1.29, 1.82) is 0 Å². The van der Waals surface area contributed by atoms with Gasteiger partial charge in [-0.1, -0.05) is 12.1 Å². The van der Waals surface area contributed by atoms with Gasteiger partial charge in [-0.05, 0) is 12.5 Å². The van der Waals surface area contributed by atoms with Crippen molar-refractivity contribution >= 4 is 11.6 Å². The molecular formula is C11H15N3O3. The van der Waals surface area contributed by atoms with Gasteiger partial charge in [0.1, 0.15) is 0 Å². The van der Waals surface area contributed by atoms with E-state index in [1.165, 1.54) is 12.1 Å². The van der Waals surface area contributed by atoms with Crippen molar-refractivity contribution in [3.05, 3.63) is 39.9 Å². The van der Waals surface area contributed by atoms with Gasteiger partial charge in [0.05, 0.1) is 4.92 Å². The molecule has 6 heteroatoms. The quantitative estimate of drug-likeness (QED) is 0.572. The minimum atomic E-state index is -0.436. The van der Waals surface area contributed by atoms with E-state index in [1.807, 2.05) is 6.92 Å². The molecule has 1 aromatic carbocycles. The Balaban J connectivity index is 2.54. The molecule has 1 atom stereocenters. The van der Waals surface area contributed by atoms with Gasteiger partial charge < -0.3 is 11.1 Å². The number of benzene rings is 1. The Bertz CT molecular complexity index is 403. The number of carbonyl (C=O) groups excluding carboxylic acids is 1. The van der Waals surface area contributed by atoms with E-state index in [-0.39, 0.29) is 24.1 Å². The number of carbonyl (C=O) groups is 1. The van der Waals surface area contributed by atoms with Gasteiger partial charge in [-0.2, -0.15) is 0 Å². The number of hydrogen-bond donors (Lipinski definition) is 2. The van der Waals surface area contributed by atoms with E-state index < -0.39 is 4.92 Å². The van der Waals surface area contributed by atoms with Crippen LogP contribution in [0.4, 0.5) is 5.69 Å². The van der Waals surface area contributed by atoms with Crippen molar-refractivity contribution in [3.63, 3.8) is 0 Å². The van der Waals surface area contributed by atoms with E-state index >= 15 is 0 Å². The number of nitro groups is 1. The third-order valence-electron chi connectivity index (χ3n) is 2.43. The summed E-state index contributed by atoms with van der Waals surface area (Å²) in [7, 11) is 0. The lowest BCUT2D eigenvalue weighted by molar-refractivity contribution is -0.384. The van der Waals surface area contributed by atoms with Crippen LogP contribution in [0.5, 0.6) is 0 Å². The van der Waals surface area contributed by atoms with Crippen LogP contribution in [0.25, 0.3) is 0 Å². The lowest BCUT2D eigenvalue weighted by atomic mass is 10.1. The summed E-state index contributed by atoms with van der Waals surface area (Å²) in [4.78, 5) is 20.6. The molecule has 0 radical (unpaired) electrons. The number of nitrogens with two attached hydrogens (primary N) is 1. The molecule has 0 saturated heterocycles. The molecule has 0 aliphatic carbocycles. The normalized spacial score (nSPS) is 12.1. The van der Waals surface area contributed by atoms with Gasteiger partial charge in [-0.25, -0.2) is 0 Å². The first kappa shape index (κ1) is 13.1. The summed E-state index contributed by atoms with van der Waals surface area (Å²) < 4.78 is 0. The van der Waals surface area contributed by atoms with Crippen LogP contribution in [0.15, 0.2) is 24.3 Å². The van der Waals surface area contributed by atoms with E-state index in [1.54, 1.807) is 12.1 Å². The average molecular weight is 237 g/mol. The smallest absolute Gasteiger partial charge is 0.269 e. The molecule has 6 nitrogen and oxygen atoms in total. The Morgan fingerprint density at radius 1 is 1.47 bits per heavy atom. The van der Waals surface area contributed by atoms with Crippen LogP contribution in [0, 0.1) is 10.1 Å². The fraction of sp³-hybridized carbons (Fsp3) is 0.364. The predicted molar refractivity (Wildman–Crippen MR) is 63.3 cm³/mol. The van der Waals surface area contributed by atoms with Crippen molar-refractivity contribution in [2.45, 2.75) is 19.4 Å². The SMILES string of the molecule is CC(NCCC(N)=O)c1ccc([N+](=O)[O-])cc1. The lowest BCUT2D eigenvalue weighted by Gasteiger charge is -2.13. The Morgan fingerprint density at radius 2 is 2.06 bits per heavy atom. The van der Waals surface area contributed by atoms with Gasteiger partial charge >= 0.3 is 0 Å². The van der Waals surface area contributed by atoms with Crippen LogP contribution < -0.4 is 11.1 Å². The molecule has 0 fully saturated rings. The molecular weight excluding hydrogens is 222 g/mol. The minimum Gasteiger partial charge on any atom is -0.370 e. The summed E-state index contributed by atoms with van der Waals surface area (Å²) in [6.07, 6.45) is 0.275. The van der Waals surface area contributed by atoms with Crippen molar-refractivity contribution in [2.24, 2.45) is 5.73 Å². The highest BCUT2D eigenvalue weighted by Crippen LogP contribution is 2.17. The van der Waals surface area contributed by atoms with Crippen molar-refractivity contribution in [2.75, 3.05) is 6.54 Å². The Hall–Kier alpha value is -1.95. The number of primary amides is 1. The predicted octanol–water partition coefficient (Wildman–Crippen LogP) is 1.12. The first-order chi connectivity index (χ1) is 8.00. The van der Waals surface area contributed by atoms with Crippen molar-refractivity contribution in [1.82, 2.24) is 5.32 Å². The Labute approximate surface area is 99.0 Å². The Morgan fingerprint density at radius 3 is 2.53 bits per heavy atom. The van der Waals surface area contributed by atoms with Crippen molar-refractivity contribution < 1.29 is 9.72 Å². The van der Waals surface area contributed by atoms with Gasteiger partial charge in [0, 0.05) is 31.1 Å². The van der Waals surface area contributed by atoms with Crippen LogP contribution in [0.3, 0.4) is 0 Å². The maximum atomic E-state index is 10.5. The van der Waals surface area contributed by atoms with E-state index in [4.69, 9.17) is 5.73 Å². The maximum absolute atomic E-state index is 10.5. The molecule has 0 spiro atoms. The lowest BCUT2D eigenvalue weighted by Crippen LogP contribution is -2.24. The topological polar surface area (TPSA) is 98.3 Å². The zero-order chi connectivity index (χ0) is 12.8. The highest BCUT2D eigenvalue weighted by molar-refractivity contribution is 5.73. The first-order valence-corrected chi connectivity index (χ1v) is 5.26. The second-order valence-electron chi connectivity index (χ2n) is 3.74. The molecule has 0 heterocycles. The molecule has 92 valence electrons. The fourth-order valence-corrected chi connectivity index (χ4v) is 1.41. The van der Waals surface area contributed by atoms with Crippen LogP contribution >= 0.6 is 0 Å². The molecule has 0 saturated carbocycles. The van der Waals surface area contributed by atoms with Crippen molar-refractivity contribution in [3.8, 4) is 0 Å². The molecule has 1 aromatic rings. The third-order valence-corrected chi connectivity index (χ3v) is 2.43. The molecule has 1 rings (SSSR count). The summed E-state index contributed by atoms with van der Waals surface area (Å²) in [5.41, 5.74) is 6.01. The summed E-state index contributed by atoms with van der Waals surface area (Å²) in [5, 5.41) is 13.6. The monoisotopic (exact) mass is 237 g/mol. The summed E-state index contributed by atoms with van der Waals surface area (Å²) >= 11 is 0. The van der Waals surface area contributed by atoms with Gasteiger partial charge in [0.25, 0.3) is 5.69 Å². The zero-order valence-corrected chi connectivity index (χ0v) is 9.55. The number of rotatable bonds is 6. The fourth-order valence-electron chi connectivity index (χ4n) is 1.41. The van der Waals surface area contributed by atoms with Crippen LogP contribution in [-0.2, 0) is 4.79 Å². The number of hydrogen-bond acceptors (Lipinski definition) is 4. The van der Waals surface area contributed by atoms with Crippen LogP contribution in [0.1, 0.15) is 24.9 Å². The Kier molecular flexibility index (Phi) is 4.59. The van der Waals surface area contributed by atoms with E-state index in [2.05, 4.69) is 5.32 Å². The molecule has 0 aliphatic heterocycles. The standard InChI is InChI=1S/C11H15N3O3/c1-8(13-7-6-11(12)15)9-2-4-10(5-3-9)14(16)17/h2-5,8,13H,6-7H2,1H3,(H2,12,15). The second kappa shape index (κ2) is 5.95.